The number of aliphatic hydroxyl groups excluding tert-OH is 1. The highest BCUT2D eigenvalue weighted by Crippen LogP contribution is 2.33. The zero-order valence-electron chi connectivity index (χ0n) is 19.5. The summed E-state index contributed by atoms with van der Waals surface area (Å²) in [5.74, 6) is 0.412. The van der Waals surface area contributed by atoms with Crippen molar-refractivity contribution in [3.8, 4) is 11.5 Å². The third-order valence-electron chi connectivity index (χ3n) is 4.96. The molecule has 0 aliphatic carbocycles. The Labute approximate surface area is 198 Å². The molecule has 176 valence electrons. The molecule has 0 bridgehead atoms. The summed E-state index contributed by atoms with van der Waals surface area (Å²) in [7, 11) is 1.53. The number of aromatic nitrogens is 2. The van der Waals surface area contributed by atoms with Crippen molar-refractivity contribution < 1.29 is 24.2 Å². The molecule has 0 fully saturated rings. The standard InChI is InChI=1S/C26H27N3O5/c1-16(2)34-21-12-6-18(7-13-21)25(27-23-14-5-17(3)28-29-23)24(22(31)15-30)26(32)19-8-10-20(33-4)11-9-19/h5-16,25,32H,1-4H3,(H,27,29). The average molecular weight is 462 g/mol. The predicted octanol–water partition coefficient (Wildman–Crippen LogP) is 4.47. The number of anilines is 1. The summed E-state index contributed by atoms with van der Waals surface area (Å²) in [5.41, 5.74) is 1.56. The number of carbonyl (C=O) groups is 2. The highest BCUT2D eigenvalue weighted by Gasteiger charge is 2.28. The van der Waals surface area contributed by atoms with Crippen molar-refractivity contribution >= 4 is 23.6 Å². The highest BCUT2D eigenvalue weighted by atomic mass is 16.5. The van der Waals surface area contributed by atoms with E-state index in [0.717, 1.165) is 5.69 Å². The number of nitrogens with zero attached hydrogens (tertiary/aromatic N) is 2. The van der Waals surface area contributed by atoms with E-state index in [1.165, 1.54) is 7.11 Å². The van der Waals surface area contributed by atoms with Gasteiger partial charge in [0, 0.05) is 5.56 Å². The predicted molar refractivity (Wildman–Crippen MR) is 129 cm³/mol. The van der Waals surface area contributed by atoms with Crippen LogP contribution in [0.5, 0.6) is 11.5 Å². The fraction of sp³-hybridized carbons (Fsp3) is 0.231. The number of aryl methyl sites for hydroxylation is 1. The normalized spacial score (nSPS) is 12.5. The Morgan fingerprint density at radius 1 is 0.971 bits per heavy atom. The van der Waals surface area contributed by atoms with E-state index in [-0.39, 0.29) is 23.7 Å². The summed E-state index contributed by atoms with van der Waals surface area (Å²) in [5, 5.41) is 22.4. The van der Waals surface area contributed by atoms with Gasteiger partial charge in [0.15, 0.2) is 6.29 Å². The lowest BCUT2D eigenvalue weighted by molar-refractivity contribution is -0.127. The Bertz CT molecular complexity index is 1150. The number of aldehydes is 1. The maximum Gasteiger partial charge on any atom is 0.227 e. The Hall–Kier alpha value is -4.20. The quantitative estimate of drug-likeness (QED) is 0.197. The van der Waals surface area contributed by atoms with Crippen LogP contribution in [-0.4, -0.2) is 40.6 Å². The second kappa shape index (κ2) is 11.1. The molecule has 2 aromatic carbocycles. The van der Waals surface area contributed by atoms with E-state index in [4.69, 9.17) is 9.47 Å². The third kappa shape index (κ3) is 5.98. The van der Waals surface area contributed by atoms with Crippen molar-refractivity contribution in [1.29, 1.82) is 0 Å². The van der Waals surface area contributed by atoms with E-state index in [9.17, 15) is 14.7 Å². The first-order valence-corrected chi connectivity index (χ1v) is 10.7. The molecule has 0 aliphatic rings. The van der Waals surface area contributed by atoms with Crippen LogP contribution in [0.4, 0.5) is 5.82 Å². The van der Waals surface area contributed by atoms with Gasteiger partial charge >= 0.3 is 0 Å². The van der Waals surface area contributed by atoms with Gasteiger partial charge in [0.25, 0.3) is 0 Å². The lowest BCUT2D eigenvalue weighted by atomic mass is 9.92. The van der Waals surface area contributed by atoms with Crippen molar-refractivity contribution in [2.75, 3.05) is 12.4 Å². The van der Waals surface area contributed by atoms with E-state index in [2.05, 4.69) is 15.5 Å². The minimum atomic E-state index is -0.898. The molecule has 0 saturated carbocycles. The molecular formula is C26H27N3O5. The molecule has 1 aromatic heterocycles. The number of hydrogen-bond donors (Lipinski definition) is 2. The molecule has 0 saturated heterocycles. The van der Waals surface area contributed by atoms with Crippen molar-refractivity contribution in [2.45, 2.75) is 32.9 Å². The van der Waals surface area contributed by atoms with Crippen LogP contribution in [0.3, 0.4) is 0 Å². The summed E-state index contributed by atoms with van der Waals surface area (Å²) in [6.45, 7) is 5.65. The number of benzene rings is 2. The van der Waals surface area contributed by atoms with E-state index < -0.39 is 11.8 Å². The first-order valence-electron chi connectivity index (χ1n) is 10.7. The number of nitrogens with one attached hydrogen (secondary N) is 1. The second-order valence-electron chi connectivity index (χ2n) is 7.85. The smallest absolute Gasteiger partial charge is 0.227 e. The summed E-state index contributed by atoms with van der Waals surface area (Å²) in [6, 6.07) is 16.1. The van der Waals surface area contributed by atoms with Gasteiger partial charge in [-0.25, -0.2) is 0 Å². The molecule has 3 rings (SSSR count). The third-order valence-corrected chi connectivity index (χ3v) is 4.96. The molecule has 1 heterocycles. The van der Waals surface area contributed by atoms with Crippen LogP contribution in [0.1, 0.15) is 36.7 Å². The van der Waals surface area contributed by atoms with Crippen LogP contribution in [0.15, 0.2) is 66.2 Å². The van der Waals surface area contributed by atoms with E-state index >= 15 is 0 Å². The largest absolute Gasteiger partial charge is 0.507 e. The Morgan fingerprint density at radius 3 is 2.15 bits per heavy atom. The molecule has 1 unspecified atom stereocenters. The van der Waals surface area contributed by atoms with Crippen molar-refractivity contribution in [1.82, 2.24) is 10.2 Å². The van der Waals surface area contributed by atoms with Gasteiger partial charge < -0.3 is 19.9 Å². The maximum absolute atomic E-state index is 12.8. The first-order chi connectivity index (χ1) is 16.3. The fourth-order valence-corrected chi connectivity index (χ4v) is 3.32. The van der Waals surface area contributed by atoms with Gasteiger partial charge in [0.2, 0.25) is 5.78 Å². The van der Waals surface area contributed by atoms with Gasteiger partial charge in [-0.1, -0.05) is 12.1 Å². The zero-order chi connectivity index (χ0) is 24.7. The molecular weight excluding hydrogens is 434 g/mol. The monoisotopic (exact) mass is 461 g/mol. The number of rotatable bonds is 10. The number of carbonyl (C=O) groups excluding carboxylic acids is 2. The maximum atomic E-state index is 12.8. The number of aliphatic hydroxyl groups is 1. The topological polar surface area (TPSA) is 111 Å². The minimum Gasteiger partial charge on any atom is -0.507 e. The molecule has 8 nitrogen and oxygen atoms in total. The van der Waals surface area contributed by atoms with Crippen LogP contribution in [0.2, 0.25) is 0 Å². The molecule has 2 N–H and O–H groups in total. The minimum absolute atomic E-state index is 0.00572. The number of hydrogen-bond acceptors (Lipinski definition) is 8. The van der Waals surface area contributed by atoms with Gasteiger partial charge in [0.1, 0.15) is 23.1 Å². The lowest BCUT2D eigenvalue weighted by Crippen LogP contribution is -2.22. The Kier molecular flexibility index (Phi) is 7.97. The van der Waals surface area contributed by atoms with Gasteiger partial charge in [-0.15, -0.1) is 5.10 Å². The molecule has 34 heavy (non-hydrogen) atoms. The van der Waals surface area contributed by atoms with Gasteiger partial charge in [-0.2, -0.15) is 5.10 Å². The molecule has 1 atom stereocenters. The Balaban J connectivity index is 2.13. The summed E-state index contributed by atoms with van der Waals surface area (Å²) >= 11 is 0. The average Bonchev–Trinajstić information content (AvgIpc) is 2.84. The fourth-order valence-electron chi connectivity index (χ4n) is 3.32. The van der Waals surface area contributed by atoms with Gasteiger partial charge in [-0.3, -0.25) is 9.59 Å². The molecule has 0 radical (unpaired) electrons. The summed E-state index contributed by atoms with van der Waals surface area (Å²) in [4.78, 5) is 24.4. The summed E-state index contributed by atoms with van der Waals surface area (Å²) < 4.78 is 10.9. The number of ether oxygens (including phenoxy) is 2. The van der Waals surface area contributed by atoms with Crippen molar-refractivity contribution in [3.05, 3.63) is 83.1 Å². The van der Waals surface area contributed by atoms with Gasteiger partial charge in [0.05, 0.1) is 30.5 Å². The van der Waals surface area contributed by atoms with Crippen LogP contribution in [-0.2, 0) is 9.59 Å². The molecule has 0 spiro atoms. The number of Topliss-reactive ketones (excluding diaryl/α,β-unsaturated/α-hetero) is 1. The van der Waals surface area contributed by atoms with Crippen LogP contribution < -0.4 is 14.8 Å². The molecule has 8 heteroatoms. The van der Waals surface area contributed by atoms with E-state index in [0.29, 0.717) is 28.4 Å². The zero-order valence-corrected chi connectivity index (χ0v) is 19.5. The lowest BCUT2D eigenvalue weighted by Gasteiger charge is -2.23. The highest BCUT2D eigenvalue weighted by molar-refractivity contribution is 6.35. The SMILES string of the molecule is COc1ccc(C(O)=C(C(=O)C=O)C(Nc2ccc(C)nn2)c2ccc(OC(C)C)cc2)cc1. The van der Waals surface area contributed by atoms with Crippen LogP contribution in [0, 0.1) is 6.92 Å². The van der Waals surface area contributed by atoms with Crippen molar-refractivity contribution in [3.63, 3.8) is 0 Å². The van der Waals surface area contributed by atoms with E-state index in [1.807, 2.05) is 13.8 Å². The second-order valence-corrected chi connectivity index (χ2v) is 7.85. The van der Waals surface area contributed by atoms with Crippen molar-refractivity contribution in [2.24, 2.45) is 0 Å². The number of methoxy groups -OCH3 is 1. The van der Waals surface area contributed by atoms with Gasteiger partial charge in [-0.05, 0) is 74.9 Å². The van der Waals surface area contributed by atoms with Crippen LogP contribution >= 0.6 is 0 Å². The van der Waals surface area contributed by atoms with Crippen LogP contribution in [0.25, 0.3) is 5.76 Å². The molecule has 0 aliphatic heterocycles. The van der Waals surface area contributed by atoms with E-state index in [1.54, 1.807) is 67.6 Å². The first kappa shape index (κ1) is 24.4. The molecule has 0 amide bonds. The summed E-state index contributed by atoms with van der Waals surface area (Å²) in [6.07, 6.45) is 0.176. The molecule has 3 aromatic rings. The Morgan fingerprint density at radius 2 is 1.62 bits per heavy atom. The number of ketones is 1.